The largest absolute Gasteiger partial charge is 0.354 e. The van der Waals surface area contributed by atoms with E-state index in [-0.39, 0.29) is 24.8 Å². The summed E-state index contributed by atoms with van der Waals surface area (Å²) in [7, 11) is 1.92. The molecule has 1 saturated carbocycles. The van der Waals surface area contributed by atoms with Gasteiger partial charge in [-0.25, -0.2) is 13.8 Å². The third-order valence-corrected chi connectivity index (χ3v) is 8.26. The van der Waals surface area contributed by atoms with E-state index in [1.54, 1.807) is 6.33 Å². The summed E-state index contributed by atoms with van der Waals surface area (Å²) in [6, 6.07) is -0.0926. The van der Waals surface area contributed by atoms with Crippen LogP contribution in [-0.2, 0) is 7.05 Å². The molecule has 0 radical (unpaired) electrons. The lowest BCUT2D eigenvalue weighted by molar-refractivity contribution is -0.113. The zero-order chi connectivity index (χ0) is 19.7. The standard InChI is InChI=1S/C19H26F2N6S/c1-11(12-4-19(20,21)5-12)23-17-24-15-14(22-10-26(15)3)16(25-17)27-6-13-7-28-9-18(13,2)8-27/h10-13H,4-9H2,1-3H3,(H,23,24,25)/t11?,13-,18+/m1/s1. The number of nitrogens with zero attached hydrogens (tertiary/aromatic N) is 5. The Labute approximate surface area is 167 Å². The first-order chi connectivity index (χ1) is 13.2. The van der Waals surface area contributed by atoms with Crippen molar-refractivity contribution in [2.45, 2.75) is 38.7 Å². The van der Waals surface area contributed by atoms with Gasteiger partial charge in [-0.3, -0.25) is 0 Å². The molecule has 0 bridgehead atoms. The van der Waals surface area contributed by atoms with E-state index in [9.17, 15) is 8.78 Å². The lowest BCUT2D eigenvalue weighted by Gasteiger charge is -2.39. The van der Waals surface area contributed by atoms with Crippen LogP contribution < -0.4 is 10.2 Å². The molecule has 1 aliphatic carbocycles. The molecule has 2 aromatic heterocycles. The first kappa shape index (κ1) is 18.4. The molecule has 152 valence electrons. The summed E-state index contributed by atoms with van der Waals surface area (Å²) in [5.41, 5.74) is 1.90. The predicted molar refractivity (Wildman–Crippen MR) is 108 cm³/mol. The number of fused-ring (bicyclic) bond motifs is 2. The highest BCUT2D eigenvalue weighted by molar-refractivity contribution is 7.99. The van der Waals surface area contributed by atoms with Crippen molar-refractivity contribution < 1.29 is 8.78 Å². The van der Waals surface area contributed by atoms with Crippen LogP contribution >= 0.6 is 11.8 Å². The highest BCUT2D eigenvalue weighted by Crippen LogP contribution is 2.48. The Balaban J connectivity index is 1.44. The van der Waals surface area contributed by atoms with Crippen molar-refractivity contribution >= 4 is 34.7 Å². The van der Waals surface area contributed by atoms with Crippen molar-refractivity contribution in [3.63, 3.8) is 0 Å². The van der Waals surface area contributed by atoms with Gasteiger partial charge in [-0.05, 0) is 29.9 Å². The van der Waals surface area contributed by atoms with Gasteiger partial charge in [0.2, 0.25) is 11.9 Å². The van der Waals surface area contributed by atoms with Gasteiger partial charge in [0.15, 0.2) is 17.0 Å². The number of nitrogens with one attached hydrogen (secondary N) is 1. The zero-order valence-electron chi connectivity index (χ0n) is 16.5. The summed E-state index contributed by atoms with van der Waals surface area (Å²) in [5, 5.41) is 3.29. The van der Waals surface area contributed by atoms with E-state index in [1.165, 1.54) is 11.5 Å². The average molecular weight is 409 g/mol. The lowest BCUT2D eigenvalue weighted by Crippen LogP contribution is -2.44. The summed E-state index contributed by atoms with van der Waals surface area (Å²) >= 11 is 2.04. The van der Waals surface area contributed by atoms with Crippen LogP contribution in [0.25, 0.3) is 11.2 Å². The van der Waals surface area contributed by atoms with Crippen molar-refractivity contribution in [1.29, 1.82) is 0 Å². The van der Waals surface area contributed by atoms with Crippen molar-refractivity contribution in [3.8, 4) is 0 Å². The molecule has 1 N–H and O–H groups in total. The minimum Gasteiger partial charge on any atom is -0.354 e. The van der Waals surface area contributed by atoms with Crippen molar-refractivity contribution in [2.24, 2.45) is 24.3 Å². The molecule has 3 aliphatic rings. The van der Waals surface area contributed by atoms with Gasteiger partial charge in [-0.15, -0.1) is 0 Å². The summed E-state index contributed by atoms with van der Waals surface area (Å²) in [4.78, 5) is 16.3. The smallest absolute Gasteiger partial charge is 0.248 e. The molecule has 0 spiro atoms. The van der Waals surface area contributed by atoms with Crippen LogP contribution in [0.1, 0.15) is 26.7 Å². The van der Waals surface area contributed by atoms with E-state index in [1.807, 2.05) is 30.3 Å². The summed E-state index contributed by atoms with van der Waals surface area (Å²) in [5.74, 6) is 1.85. The predicted octanol–water partition coefficient (Wildman–Crippen LogP) is 3.40. The monoisotopic (exact) mass is 408 g/mol. The Morgan fingerprint density at radius 2 is 2.11 bits per heavy atom. The number of aromatic nitrogens is 4. The zero-order valence-corrected chi connectivity index (χ0v) is 17.3. The molecule has 1 unspecified atom stereocenters. The second-order valence-corrected chi connectivity index (χ2v) is 10.1. The third kappa shape index (κ3) is 2.93. The van der Waals surface area contributed by atoms with Gasteiger partial charge in [0.1, 0.15) is 0 Å². The molecule has 9 heteroatoms. The number of anilines is 2. The molecule has 4 heterocycles. The fourth-order valence-corrected chi connectivity index (χ4v) is 6.49. The topological polar surface area (TPSA) is 58.9 Å². The summed E-state index contributed by atoms with van der Waals surface area (Å²) < 4.78 is 28.4. The molecular formula is C19H26F2N6S. The molecule has 0 amide bonds. The van der Waals surface area contributed by atoms with Gasteiger partial charge < -0.3 is 14.8 Å². The number of hydrogen-bond acceptors (Lipinski definition) is 6. The molecule has 2 aromatic rings. The SMILES string of the molecule is CC(Nc1nc(N2C[C@@H]3CSC[C@]3(C)C2)c2ncn(C)c2n1)C1CC(F)(F)C1. The maximum Gasteiger partial charge on any atom is 0.248 e. The second kappa shape index (κ2) is 6.18. The average Bonchev–Trinajstić information content (AvgIpc) is 3.24. The van der Waals surface area contributed by atoms with Crippen LogP contribution in [0.4, 0.5) is 20.5 Å². The molecule has 28 heavy (non-hydrogen) atoms. The Bertz CT molecular complexity index is 909. The number of halogens is 2. The van der Waals surface area contributed by atoms with Gasteiger partial charge in [-0.2, -0.15) is 21.7 Å². The molecule has 5 rings (SSSR count). The van der Waals surface area contributed by atoms with E-state index < -0.39 is 5.92 Å². The van der Waals surface area contributed by atoms with Crippen LogP contribution in [0.2, 0.25) is 0 Å². The Hall–Kier alpha value is -1.64. The lowest BCUT2D eigenvalue weighted by atomic mass is 9.77. The van der Waals surface area contributed by atoms with E-state index in [0.29, 0.717) is 17.3 Å². The Kier molecular flexibility index (Phi) is 4.06. The molecular weight excluding hydrogens is 382 g/mol. The fraction of sp³-hybridized carbons (Fsp3) is 0.737. The van der Waals surface area contributed by atoms with Gasteiger partial charge in [0, 0.05) is 44.8 Å². The number of alkyl halides is 2. The molecule has 2 saturated heterocycles. The van der Waals surface area contributed by atoms with Gasteiger partial charge in [0.05, 0.1) is 6.33 Å². The summed E-state index contributed by atoms with van der Waals surface area (Å²) in [6.45, 7) is 6.26. The van der Waals surface area contributed by atoms with Crippen molar-refractivity contribution in [1.82, 2.24) is 19.5 Å². The second-order valence-electron chi connectivity index (χ2n) is 9.10. The van der Waals surface area contributed by atoms with Crippen LogP contribution in [0.3, 0.4) is 0 Å². The Morgan fingerprint density at radius 3 is 2.82 bits per heavy atom. The number of imidazole rings is 1. The van der Waals surface area contributed by atoms with E-state index in [4.69, 9.17) is 4.98 Å². The highest BCUT2D eigenvalue weighted by atomic mass is 32.2. The summed E-state index contributed by atoms with van der Waals surface area (Å²) in [6.07, 6.45) is 1.63. The maximum atomic E-state index is 13.2. The molecule has 3 atom stereocenters. The first-order valence-electron chi connectivity index (χ1n) is 9.90. The maximum absolute atomic E-state index is 13.2. The number of aryl methyl sites for hydroxylation is 1. The fourth-order valence-electron chi connectivity index (χ4n) is 4.79. The van der Waals surface area contributed by atoms with Gasteiger partial charge in [0.25, 0.3) is 0 Å². The molecule has 3 fully saturated rings. The van der Waals surface area contributed by atoms with E-state index >= 15 is 0 Å². The molecule has 2 aliphatic heterocycles. The van der Waals surface area contributed by atoms with Crippen LogP contribution in [0.15, 0.2) is 6.33 Å². The number of hydrogen-bond donors (Lipinski definition) is 1. The minimum absolute atomic E-state index is 0.0497. The Morgan fingerprint density at radius 1 is 1.32 bits per heavy atom. The number of rotatable bonds is 4. The minimum atomic E-state index is -2.51. The number of thioether (sulfide) groups is 1. The van der Waals surface area contributed by atoms with Crippen LogP contribution in [0.5, 0.6) is 0 Å². The highest BCUT2D eigenvalue weighted by Gasteiger charge is 2.48. The quantitative estimate of drug-likeness (QED) is 0.837. The van der Waals surface area contributed by atoms with Gasteiger partial charge in [-0.1, -0.05) is 6.92 Å². The van der Waals surface area contributed by atoms with Crippen molar-refractivity contribution in [3.05, 3.63) is 6.33 Å². The van der Waals surface area contributed by atoms with E-state index in [2.05, 4.69) is 27.1 Å². The normalized spacial score (nSPS) is 30.5. The van der Waals surface area contributed by atoms with Crippen LogP contribution in [-0.4, -0.2) is 56.1 Å². The molecule has 0 aromatic carbocycles. The first-order valence-corrected chi connectivity index (χ1v) is 11.1. The third-order valence-electron chi connectivity index (χ3n) is 6.76. The van der Waals surface area contributed by atoms with Crippen LogP contribution in [0, 0.1) is 17.3 Å². The van der Waals surface area contributed by atoms with E-state index in [0.717, 1.165) is 30.1 Å². The molecule has 6 nitrogen and oxygen atoms in total. The van der Waals surface area contributed by atoms with Crippen molar-refractivity contribution in [2.75, 3.05) is 34.8 Å². The van der Waals surface area contributed by atoms with Gasteiger partial charge >= 0.3 is 0 Å².